The maximum Gasteiger partial charge on any atom is 0.257 e. The summed E-state index contributed by atoms with van der Waals surface area (Å²) in [7, 11) is 5.86. The van der Waals surface area contributed by atoms with Crippen LogP contribution >= 0.6 is 0 Å². The van der Waals surface area contributed by atoms with E-state index in [1.165, 1.54) is 0 Å². The lowest BCUT2D eigenvalue weighted by atomic mass is 9.91. The van der Waals surface area contributed by atoms with Gasteiger partial charge in [0.05, 0.1) is 17.2 Å². The summed E-state index contributed by atoms with van der Waals surface area (Å²) in [5, 5.41) is 0. The smallest absolute Gasteiger partial charge is 0.257 e. The van der Waals surface area contributed by atoms with Gasteiger partial charge in [0.25, 0.3) is 5.56 Å². The molecule has 1 aliphatic rings. The van der Waals surface area contributed by atoms with Crippen LogP contribution in [-0.2, 0) is 4.79 Å². The summed E-state index contributed by atoms with van der Waals surface area (Å²) < 4.78 is 0. The quantitative estimate of drug-likeness (QED) is 0.805. The monoisotopic (exact) mass is 293 g/mol. The molecule has 0 fully saturated rings. The van der Waals surface area contributed by atoms with E-state index >= 15 is 0 Å². The minimum atomic E-state index is -0.511. The van der Waals surface area contributed by atoms with E-state index in [2.05, 4.69) is 9.97 Å². The number of carbonyl (C=O) groups is 1. The number of rotatable bonds is 1. The van der Waals surface area contributed by atoms with E-state index in [-0.39, 0.29) is 11.5 Å². The van der Waals surface area contributed by atoms with Crippen LogP contribution in [0.4, 0.5) is 11.5 Å². The predicted molar refractivity (Wildman–Crippen MR) is 86.5 cm³/mol. The molecule has 110 valence electrons. The molecule has 2 aromatic rings. The molecule has 22 heavy (non-hydrogen) atoms. The number of aryl methyl sites for hydroxylation is 3. The number of carbonyl (C=O) groups excluding carboxylic acids is 1. The number of benzene rings is 1. The van der Waals surface area contributed by atoms with Crippen LogP contribution in [0.5, 0.6) is 0 Å². The molecule has 1 aliphatic heterocycles. The Labute approximate surface area is 129 Å². The fourth-order valence-electron chi connectivity index (χ4n) is 3.12. The average Bonchev–Trinajstić information content (AvgIpc) is 2.62. The van der Waals surface area contributed by atoms with Crippen LogP contribution in [0.15, 0.2) is 16.9 Å². The fourth-order valence-corrected chi connectivity index (χ4v) is 3.12. The number of hydrogen-bond acceptors (Lipinski definition) is 3. The Kier molecular flexibility index (Phi) is 3.20. The number of nitrogens with zero attached hydrogens (tertiary/aromatic N) is 2. The van der Waals surface area contributed by atoms with Gasteiger partial charge in [0.15, 0.2) is 5.82 Å². The summed E-state index contributed by atoms with van der Waals surface area (Å²) in [5.41, 5.74) is 3.33. The molecule has 1 aromatic carbocycles. The highest BCUT2D eigenvalue weighted by Gasteiger charge is 2.40. The van der Waals surface area contributed by atoms with E-state index in [0.717, 1.165) is 16.8 Å². The van der Waals surface area contributed by atoms with E-state index in [4.69, 9.17) is 7.85 Å². The lowest BCUT2D eigenvalue weighted by molar-refractivity contribution is -0.118. The molecule has 5 nitrogen and oxygen atoms in total. The number of anilines is 2. The Morgan fingerprint density at radius 1 is 1.18 bits per heavy atom. The second-order valence-electron chi connectivity index (χ2n) is 5.79. The molecule has 1 N–H and O–H groups in total. The lowest BCUT2D eigenvalue weighted by Crippen LogP contribution is -2.26. The molecule has 1 aromatic heterocycles. The van der Waals surface area contributed by atoms with E-state index in [1.54, 1.807) is 18.7 Å². The average molecular weight is 293 g/mol. The molecule has 0 aliphatic carbocycles. The van der Waals surface area contributed by atoms with Crippen molar-refractivity contribution in [3.8, 4) is 0 Å². The van der Waals surface area contributed by atoms with Gasteiger partial charge in [0, 0.05) is 0 Å². The Morgan fingerprint density at radius 3 is 2.36 bits per heavy atom. The first kappa shape index (κ1) is 14.6. The first-order chi connectivity index (χ1) is 10.3. The van der Waals surface area contributed by atoms with Crippen molar-refractivity contribution in [3.63, 3.8) is 0 Å². The van der Waals surface area contributed by atoms with Gasteiger partial charge >= 0.3 is 0 Å². The third kappa shape index (κ3) is 1.98. The van der Waals surface area contributed by atoms with Gasteiger partial charge in [-0.25, -0.2) is 4.98 Å². The number of hydrogen-bond donors (Lipinski definition) is 1. The van der Waals surface area contributed by atoms with Gasteiger partial charge in [-0.05, 0) is 38.8 Å². The minimum absolute atomic E-state index is 0.144. The van der Waals surface area contributed by atoms with E-state index < -0.39 is 5.92 Å². The third-order valence-electron chi connectivity index (χ3n) is 4.03. The standard InChI is InChI=1S/C16H16BN3O2/c1-7-5-11(17)6-8(2)13(7)20-14-12(9(3)16(20)22)15(21)19-10(4)18-14/h5-6,9H,1-4H3,(H,18,19,21). The fraction of sp³-hybridized carbons (Fsp3) is 0.312. The summed E-state index contributed by atoms with van der Waals surface area (Å²) in [6.45, 7) is 7.23. The van der Waals surface area contributed by atoms with Gasteiger partial charge in [0.2, 0.25) is 5.91 Å². The second-order valence-corrected chi connectivity index (χ2v) is 5.79. The Bertz CT molecular complexity index is 834. The first-order valence-electron chi connectivity index (χ1n) is 7.12. The zero-order valence-corrected chi connectivity index (χ0v) is 13.0. The molecule has 1 unspecified atom stereocenters. The third-order valence-corrected chi connectivity index (χ3v) is 4.03. The maximum atomic E-state index is 12.7. The van der Waals surface area contributed by atoms with Gasteiger partial charge in [-0.1, -0.05) is 17.6 Å². The van der Waals surface area contributed by atoms with E-state index in [1.807, 2.05) is 26.0 Å². The van der Waals surface area contributed by atoms with Crippen molar-refractivity contribution < 1.29 is 4.79 Å². The number of amides is 1. The SMILES string of the molecule is [B]c1cc(C)c(N2C(=O)C(C)c3c2nc(C)[nH]c3=O)c(C)c1. The molecule has 1 atom stereocenters. The van der Waals surface area contributed by atoms with Crippen molar-refractivity contribution in [2.75, 3.05) is 4.90 Å². The highest BCUT2D eigenvalue weighted by molar-refractivity contribution is 6.32. The molecule has 2 radical (unpaired) electrons. The van der Waals surface area contributed by atoms with Crippen molar-refractivity contribution >= 4 is 30.7 Å². The van der Waals surface area contributed by atoms with Crippen LogP contribution in [0, 0.1) is 20.8 Å². The molecular weight excluding hydrogens is 277 g/mol. The minimum Gasteiger partial charge on any atom is -0.310 e. The van der Waals surface area contributed by atoms with E-state index in [0.29, 0.717) is 22.7 Å². The van der Waals surface area contributed by atoms with Crippen LogP contribution in [0.1, 0.15) is 35.4 Å². The maximum absolute atomic E-state index is 12.7. The molecule has 0 saturated heterocycles. The molecule has 0 bridgehead atoms. The Morgan fingerprint density at radius 2 is 1.77 bits per heavy atom. The highest BCUT2D eigenvalue weighted by atomic mass is 16.2. The molecular formula is C16H16BN3O2. The van der Waals surface area contributed by atoms with Crippen molar-refractivity contribution in [2.24, 2.45) is 0 Å². The highest BCUT2D eigenvalue weighted by Crippen LogP contribution is 2.40. The van der Waals surface area contributed by atoms with Crippen LogP contribution in [0.2, 0.25) is 0 Å². The number of H-pyrrole nitrogens is 1. The van der Waals surface area contributed by atoms with Crippen molar-refractivity contribution in [2.45, 2.75) is 33.6 Å². The van der Waals surface area contributed by atoms with Crippen molar-refractivity contribution in [1.82, 2.24) is 9.97 Å². The van der Waals surface area contributed by atoms with Crippen molar-refractivity contribution in [1.29, 1.82) is 0 Å². The molecule has 0 spiro atoms. The summed E-state index contributed by atoms with van der Waals surface area (Å²) in [6, 6.07) is 3.64. The Hall–Kier alpha value is -2.37. The van der Waals surface area contributed by atoms with Gasteiger partial charge in [-0.3, -0.25) is 14.5 Å². The predicted octanol–water partition coefficient (Wildman–Crippen LogP) is 1.27. The number of aromatic nitrogens is 2. The summed E-state index contributed by atoms with van der Waals surface area (Å²) in [5.74, 6) is 0.258. The molecule has 6 heteroatoms. The van der Waals surface area contributed by atoms with E-state index in [9.17, 15) is 9.59 Å². The van der Waals surface area contributed by atoms with Crippen molar-refractivity contribution in [3.05, 3.63) is 45.0 Å². The summed E-state index contributed by atoms with van der Waals surface area (Å²) >= 11 is 0. The molecule has 3 rings (SSSR count). The number of fused-ring (bicyclic) bond motifs is 1. The van der Waals surface area contributed by atoms with Gasteiger partial charge in [0.1, 0.15) is 13.7 Å². The molecule has 0 saturated carbocycles. The first-order valence-corrected chi connectivity index (χ1v) is 7.12. The van der Waals surface area contributed by atoms with Gasteiger partial charge < -0.3 is 4.98 Å². The number of nitrogens with one attached hydrogen (secondary N) is 1. The van der Waals surface area contributed by atoms with Crippen LogP contribution < -0.4 is 15.9 Å². The van der Waals surface area contributed by atoms with Crippen LogP contribution in [0.3, 0.4) is 0 Å². The normalized spacial score (nSPS) is 17.0. The van der Waals surface area contributed by atoms with Gasteiger partial charge in [-0.2, -0.15) is 0 Å². The largest absolute Gasteiger partial charge is 0.310 e. The topological polar surface area (TPSA) is 66.1 Å². The second kappa shape index (κ2) is 4.83. The van der Waals surface area contributed by atoms with Gasteiger partial charge in [-0.15, -0.1) is 0 Å². The molecule has 1 amide bonds. The van der Waals surface area contributed by atoms with Crippen LogP contribution in [-0.4, -0.2) is 23.7 Å². The zero-order chi connectivity index (χ0) is 16.2. The number of aromatic amines is 1. The zero-order valence-electron chi connectivity index (χ0n) is 13.0. The Balaban J connectivity index is 2.32. The summed E-state index contributed by atoms with van der Waals surface area (Å²) in [6.07, 6.45) is 0. The lowest BCUT2D eigenvalue weighted by Gasteiger charge is -2.22. The van der Waals surface area contributed by atoms with Crippen LogP contribution in [0.25, 0.3) is 0 Å². The molecule has 2 heterocycles. The summed E-state index contributed by atoms with van der Waals surface area (Å²) in [4.78, 5) is 33.5.